The molecule has 0 radical (unpaired) electrons. The Morgan fingerprint density at radius 3 is 2.64 bits per heavy atom. The zero-order chi connectivity index (χ0) is 8.10. The Morgan fingerprint density at radius 2 is 2.09 bits per heavy atom. The van der Waals surface area contributed by atoms with Gasteiger partial charge in [0, 0.05) is 6.42 Å². The minimum absolute atomic E-state index is 0.298. The van der Waals surface area contributed by atoms with Crippen LogP contribution in [0.1, 0.15) is 32.1 Å². The second-order valence-electron chi connectivity index (χ2n) is 3.11. The van der Waals surface area contributed by atoms with Gasteiger partial charge in [-0.3, -0.25) is 4.79 Å². The molecule has 1 aliphatic rings. The van der Waals surface area contributed by atoms with E-state index in [2.05, 4.69) is 22.6 Å². The molecule has 0 unspecified atom stereocenters. The fourth-order valence-electron chi connectivity index (χ4n) is 1.64. The Hall–Kier alpha value is 0.140. The largest absolute Gasteiger partial charge is 0.295 e. The molecule has 0 atom stereocenters. The van der Waals surface area contributed by atoms with Crippen LogP contribution in [0.25, 0.3) is 0 Å². The summed E-state index contributed by atoms with van der Waals surface area (Å²) in [5.74, 6) is 0.987. The standard InChI is InChI=1S/C9H13IO/c10-6-5-9(11)7-8-3-1-2-4-8/h5-6,8H,1-4,7H2/b6-5+. The van der Waals surface area contributed by atoms with Crippen molar-refractivity contribution >= 4 is 28.4 Å². The quantitative estimate of drug-likeness (QED) is 0.565. The zero-order valence-corrected chi connectivity index (χ0v) is 8.71. The number of hydrogen-bond donors (Lipinski definition) is 0. The number of carbonyl (C=O) groups is 1. The summed E-state index contributed by atoms with van der Waals surface area (Å²) in [7, 11) is 0. The lowest BCUT2D eigenvalue weighted by Gasteiger charge is -2.03. The molecule has 2 heteroatoms. The maximum absolute atomic E-state index is 11.1. The van der Waals surface area contributed by atoms with E-state index in [0.717, 1.165) is 6.42 Å². The number of carbonyl (C=O) groups excluding carboxylic acids is 1. The zero-order valence-electron chi connectivity index (χ0n) is 6.55. The fourth-order valence-corrected chi connectivity index (χ4v) is 2.04. The second-order valence-corrected chi connectivity index (χ2v) is 3.83. The molecule has 0 heterocycles. The minimum atomic E-state index is 0.298. The van der Waals surface area contributed by atoms with Crippen molar-refractivity contribution in [3.05, 3.63) is 10.2 Å². The Bertz CT molecular complexity index is 157. The summed E-state index contributed by atoms with van der Waals surface area (Å²) in [4.78, 5) is 11.1. The number of allylic oxidation sites excluding steroid dienone is 1. The molecule has 1 nitrogen and oxygen atoms in total. The Kier molecular flexibility index (Phi) is 4.12. The molecule has 1 fully saturated rings. The van der Waals surface area contributed by atoms with E-state index < -0.39 is 0 Å². The molecule has 1 rings (SSSR count). The molecule has 11 heavy (non-hydrogen) atoms. The van der Waals surface area contributed by atoms with Gasteiger partial charge < -0.3 is 0 Å². The predicted molar refractivity (Wildman–Crippen MR) is 54.7 cm³/mol. The van der Waals surface area contributed by atoms with E-state index in [-0.39, 0.29) is 0 Å². The summed E-state index contributed by atoms with van der Waals surface area (Å²) in [6.45, 7) is 0. The first-order chi connectivity index (χ1) is 5.33. The Morgan fingerprint density at radius 1 is 1.45 bits per heavy atom. The minimum Gasteiger partial charge on any atom is -0.295 e. The number of rotatable bonds is 3. The Labute approximate surface area is 81.4 Å². The first-order valence-electron chi connectivity index (χ1n) is 4.12. The van der Waals surface area contributed by atoms with Crippen LogP contribution in [0.2, 0.25) is 0 Å². The summed E-state index contributed by atoms with van der Waals surface area (Å²) >= 11 is 2.09. The second kappa shape index (κ2) is 4.91. The third kappa shape index (κ3) is 3.36. The van der Waals surface area contributed by atoms with Crippen LogP contribution in [0.3, 0.4) is 0 Å². The fraction of sp³-hybridized carbons (Fsp3) is 0.667. The van der Waals surface area contributed by atoms with Crippen LogP contribution in [0.5, 0.6) is 0 Å². The highest BCUT2D eigenvalue weighted by atomic mass is 127. The summed E-state index contributed by atoms with van der Waals surface area (Å²) in [6, 6.07) is 0. The molecular weight excluding hydrogens is 251 g/mol. The van der Waals surface area contributed by atoms with E-state index in [1.54, 1.807) is 10.2 Å². The maximum Gasteiger partial charge on any atom is 0.156 e. The van der Waals surface area contributed by atoms with Crippen LogP contribution < -0.4 is 0 Å². The van der Waals surface area contributed by atoms with Crippen molar-refractivity contribution in [1.29, 1.82) is 0 Å². The van der Waals surface area contributed by atoms with Gasteiger partial charge in [-0.15, -0.1) is 0 Å². The van der Waals surface area contributed by atoms with E-state index in [0.29, 0.717) is 11.7 Å². The maximum atomic E-state index is 11.1. The van der Waals surface area contributed by atoms with Crippen LogP contribution in [-0.4, -0.2) is 5.78 Å². The lowest BCUT2D eigenvalue weighted by atomic mass is 10.0. The van der Waals surface area contributed by atoms with E-state index in [9.17, 15) is 4.79 Å². The van der Waals surface area contributed by atoms with Gasteiger partial charge >= 0.3 is 0 Å². The Balaban J connectivity index is 2.23. The number of halogens is 1. The molecule has 1 saturated carbocycles. The van der Waals surface area contributed by atoms with E-state index in [1.165, 1.54) is 25.7 Å². The van der Waals surface area contributed by atoms with Gasteiger partial charge in [-0.25, -0.2) is 0 Å². The molecule has 0 aromatic heterocycles. The topological polar surface area (TPSA) is 17.1 Å². The first kappa shape index (κ1) is 9.23. The summed E-state index contributed by atoms with van der Waals surface area (Å²) in [5, 5.41) is 0. The molecule has 0 aromatic rings. The first-order valence-corrected chi connectivity index (χ1v) is 5.37. The smallest absolute Gasteiger partial charge is 0.156 e. The van der Waals surface area contributed by atoms with Crippen molar-refractivity contribution in [2.24, 2.45) is 5.92 Å². The van der Waals surface area contributed by atoms with Crippen molar-refractivity contribution in [1.82, 2.24) is 0 Å². The van der Waals surface area contributed by atoms with Gasteiger partial charge in [0.15, 0.2) is 5.78 Å². The van der Waals surface area contributed by atoms with E-state index in [4.69, 9.17) is 0 Å². The SMILES string of the molecule is O=C(/C=C/I)CC1CCCC1. The highest BCUT2D eigenvalue weighted by molar-refractivity contribution is 14.1. The third-order valence-corrected chi connectivity index (χ3v) is 2.57. The number of hydrogen-bond acceptors (Lipinski definition) is 1. The van der Waals surface area contributed by atoms with Crippen molar-refractivity contribution in [3.63, 3.8) is 0 Å². The molecule has 1 aliphatic carbocycles. The number of ketones is 1. The lowest BCUT2D eigenvalue weighted by Crippen LogP contribution is -2.01. The van der Waals surface area contributed by atoms with Gasteiger partial charge in [-0.1, -0.05) is 48.3 Å². The van der Waals surface area contributed by atoms with Gasteiger partial charge in [0.2, 0.25) is 0 Å². The van der Waals surface area contributed by atoms with Crippen LogP contribution in [-0.2, 0) is 4.79 Å². The lowest BCUT2D eigenvalue weighted by molar-refractivity contribution is -0.115. The average Bonchev–Trinajstić information content (AvgIpc) is 2.40. The summed E-state index contributed by atoms with van der Waals surface area (Å²) < 4.78 is 1.80. The van der Waals surface area contributed by atoms with E-state index in [1.807, 2.05) is 0 Å². The van der Waals surface area contributed by atoms with Crippen molar-refractivity contribution in [2.45, 2.75) is 32.1 Å². The van der Waals surface area contributed by atoms with E-state index >= 15 is 0 Å². The molecule has 0 saturated heterocycles. The molecule has 0 aliphatic heterocycles. The average molecular weight is 264 g/mol. The van der Waals surface area contributed by atoms with Crippen LogP contribution >= 0.6 is 22.6 Å². The van der Waals surface area contributed by atoms with Crippen LogP contribution in [0.15, 0.2) is 10.2 Å². The monoisotopic (exact) mass is 264 g/mol. The normalized spacial score (nSPS) is 19.7. The molecule has 62 valence electrons. The van der Waals surface area contributed by atoms with Crippen molar-refractivity contribution < 1.29 is 4.79 Å². The molecular formula is C9H13IO. The highest BCUT2D eigenvalue weighted by Gasteiger charge is 2.16. The van der Waals surface area contributed by atoms with Gasteiger partial charge in [0.25, 0.3) is 0 Å². The van der Waals surface area contributed by atoms with Crippen LogP contribution in [0.4, 0.5) is 0 Å². The predicted octanol–water partition coefficient (Wildman–Crippen LogP) is 3.08. The summed E-state index contributed by atoms with van der Waals surface area (Å²) in [5.41, 5.74) is 0. The van der Waals surface area contributed by atoms with Crippen LogP contribution in [0, 0.1) is 5.92 Å². The van der Waals surface area contributed by atoms with Crippen molar-refractivity contribution in [3.8, 4) is 0 Å². The van der Waals surface area contributed by atoms with Gasteiger partial charge in [-0.2, -0.15) is 0 Å². The molecule has 0 spiro atoms. The van der Waals surface area contributed by atoms with Gasteiger partial charge in [0.05, 0.1) is 0 Å². The van der Waals surface area contributed by atoms with Gasteiger partial charge in [0.1, 0.15) is 0 Å². The third-order valence-electron chi connectivity index (χ3n) is 2.21. The van der Waals surface area contributed by atoms with Crippen molar-refractivity contribution in [2.75, 3.05) is 0 Å². The molecule has 0 bridgehead atoms. The molecule has 0 amide bonds. The van der Waals surface area contributed by atoms with Gasteiger partial charge in [-0.05, 0) is 16.1 Å². The summed E-state index contributed by atoms with van der Waals surface area (Å²) in [6.07, 6.45) is 7.64. The molecule has 0 aromatic carbocycles. The molecule has 0 N–H and O–H groups in total. The highest BCUT2D eigenvalue weighted by Crippen LogP contribution is 2.27.